The van der Waals surface area contributed by atoms with Crippen LogP contribution in [0.4, 0.5) is 14.5 Å². The molecule has 0 radical (unpaired) electrons. The van der Waals surface area contributed by atoms with Gasteiger partial charge in [-0.3, -0.25) is 4.79 Å². The molecule has 0 spiro atoms. The van der Waals surface area contributed by atoms with Crippen LogP contribution in [0, 0.1) is 11.6 Å². The van der Waals surface area contributed by atoms with Gasteiger partial charge in [-0.25, -0.2) is 13.8 Å². The maximum atomic E-state index is 13.3. The van der Waals surface area contributed by atoms with Gasteiger partial charge in [0.25, 0.3) is 0 Å². The molecule has 0 aliphatic carbocycles. The van der Waals surface area contributed by atoms with Gasteiger partial charge in [-0.2, -0.15) is 0 Å². The van der Waals surface area contributed by atoms with Gasteiger partial charge >= 0.3 is 0 Å². The average Bonchev–Trinajstić information content (AvgIpc) is 3.13. The van der Waals surface area contributed by atoms with Gasteiger partial charge in [-0.1, -0.05) is 24.3 Å². The maximum Gasteiger partial charge on any atom is 0.234 e. The number of carbonyl (C=O) groups excluding carboxylic acids is 1. The molecule has 7 heteroatoms. The van der Waals surface area contributed by atoms with Gasteiger partial charge in [0.15, 0.2) is 11.6 Å². The number of fused-ring (bicyclic) bond motifs is 1. The van der Waals surface area contributed by atoms with Gasteiger partial charge in [0.1, 0.15) is 5.82 Å². The lowest BCUT2D eigenvalue weighted by molar-refractivity contribution is -0.113. The normalized spacial score (nSPS) is 10.9. The van der Waals surface area contributed by atoms with Crippen LogP contribution in [0.2, 0.25) is 0 Å². The number of aromatic nitrogens is 2. The number of carbonyl (C=O) groups is 1. The minimum absolute atomic E-state index is 0.0690. The third-order valence-electron chi connectivity index (χ3n) is 4.11. The molecule has 0 aliphatic heterocycles. The number of benzene rings is 3. The second-order valence-corrected chi connectivity index (χ2v) is 7.11. The number of H-pyrrole nitrogens is 1. The summed E-state index contributed by atoms with van der Waals surface area (Å²) in [5.41, 5.74) is 3.14. The Morgan fingerprint density at radius 3 is 2.61 bits per heavy atom. The molecule has 2 N–H and O–H groups in total. The van der Waals surface area contributed by atoms with E-state index >= 15 is 0 Å². The zero-order valence-corrected chi connectivity index (χ0v) is 15.4. The van der Waals surface area contributed by atoms with E-state index in [0.29, 0.717) is 16.4 Å². The van der Waals surface area contributed by atoms with E-state index in [1.54, 1.807) is 6.07 Å². The minimum atomic E-state index is -0.930. The van der Waals surface area contributed by atoms with Crippen molar-refractivity contribution in [2.45, 2.75) is 4.90 Å². The quantitative estimate of drug-likeness (QED) is 0.455. The Bertz CT molecular complexity index is 1130. The monoisotopic (exact) mass is 395 g/mol. The molecule has 0 saturated carbocycles. The number of anilines is 1. The van der Waals surface area contributed by atoms with Crippen molar-refractivity contribution < 1.29 is 13.6 Å². The largest absolute Gasteiger partial charge is 0.338 e. The molecule has 0 atom stereocenters. The summed E-state index contributed by atoms with van der Waals surface area (Å²) in [6.45, 7) is 0. The molecule has 4 nitrogen and oxygen atoms in total. The number of imidazole rings is 1. The molecule has 0 unspecified atom stereocenters. The summed E-state index contributed by atoms with van der Waals surface area (Å²) in [6.07, 6.45) is 0. The first kappa shape index (κ1) is 18.2. The topological polar surface area (TPSA) is 57.8 Å². The van der Waals surface area contributed by atoms with E-state index in [2.05, 4.69) is 15.3 Å². The number of rotatable bonds is 5. The first-order valence-corrected chi connectivity index (χ1v) is 9.50. The summed E-state index contributed by atoms with van der Waals surface area (Å²) in [4.78, 5) is 20.7. The van der Waals surface area contributed by atoms with Crippen LogP contribution in [0.15, 0.2) is 71.6 Å². The summed E-state index contributed by atoms with van der Waals surface area (Å²) < 4.78 is 26.3. The summed E-state index contributed by atoms with van der Waals surface area (Å²) in [5.74, 6) is -1.36. The molecule has 28 heavy (non-hydrogen) atoms. The number of hydrogen-bond donors (Lipinski definition) is 2. The van der Waals surface area contributed by atoms with Gasteiger partial charge in [0.2, 0.25) is 5.91 Å². The Labute approximate surface area is 164 Å². The van der Waals surface area contributed by atoms with Crippen LogP contribution in [0.3, 0.4) is 0 Å². The lowest BCUT2D eigenvalue weighted by Crippen LogP contribution is -2.14. The van der Waals surface area contributed by atoms with Crippen LogP contribution in [0.25, 0.3) is 22.4 Å². The summed E-state index contributed by atoms with van der Waals surface area (Å²) in [6, 6.07) is 18.6. The zero-order valence-electron chi connectivity index (χ0n) is 14.6. The molecule has 0 aliphatic rings. The number of para-hydroxylation sites is 3. The fourth-order valence-corrected chi connectivity index (χ4v) is 3.50. The molecule has 140 valence electrons. The van der Waals surface area contributed by atoms with Crippen LogP contribution in [0.5, 0.6) is 0 Å². The first-order valence-electron chi connectivity index (χ1n) is 8.52. The minimum Gasteiger partial charge on any atom is -0.338 e. The second-order valence-electron chi connectivity index (χ2n) is 6.06. The van der Waals surface area contributed by atoms with Crippen LogP contribution in [0.1, 0.15) is 0 Å². The average molecular weight is 395 g/mol. The lowest BCUT2D eigenvalue weighted by Gasteiger charge is -2.09. The summed E-state index contributed by atoms with van der Waals surface area (Å²) in [5, 5.41) is 2.86. The highest BCUT2D eigenvalue weighted by molar-refractivity contribution is 8.00. The van der Waals surface area contributed by atoms with Gasteiger partial charge in [0.05, 0.1) is 22.5 Å². The molecule has 4 rings (SSSR count). The Balaban J connectivity index is 1.50. The molecular formula is C21H15F2N3OS. The van der Waals surface area contributed by atoms with E-state index in [1.807, 2.05) is 42.5 Å². The number of amides is 1. The standard InChI is InChI=1S/C21H15F2N3OS/c22-15-10-9-13(11-16(15)23)28-12-20(27)24-17-6-2-1-5-14(17)21-25-18-7-3-4-8-19(18)26-21/h1-11H,12H2,(H,24,27)(H,25,26). The van der Waals surface area contributed by atoms with E-state index in [-0.39, 0.29) is 11.7 Å². The first-order chi connectivity index (χ1) is 13.6. The Kier molecular flexibility index (Phi) is 5.08. The number of halogens is 2. The highest BCUT2D eigenvalue weighted by atomic mass is 32.2. The molecule has 0 saturated heterocycles. The van der Waals surface area contributed by atoms with E-state index in [1.165, 1.54) is 6.07 Å². The fourth-order valence-electron chi connectivity index (χ4n) is 2.78. The van der Waals surface area contributed by atoms with Crippen LogP contribution < -0.4 is 5.32 Å². The van der Waals surface area contributed by atoms with Crippen molar-refractivity contribution in [1.29, 1.82) is 0 Å². The smallest absolute Gasteiger partial charge is 0.234 e. The maximum absolute atomic E-state index is 13.3. The van der Waals surface area contributed by atoms with E-state index in [0.717, 1.165) is 40.5 Å². The van der Waals surface area contributed by atoms with Crippen molar-refractivity contribution in [2.75, 3.05) is 11.1 Å². The molecule has 0 bridgehead atoms. The third kappa shape index (κ3) is 3.89. The van der Waals surface area contributed by atoms with E-state index in [9.17, 15) is 13.6 Å². The Morgan fingerprint density at radius 1 is 1.00 bits per heavy atom. The SMILES string of the molecule is O=C(CSc1ccc(F)c(F)c1)Nc1ccccc1-c1nc2ccccc2[nH]1. The Morgan fingerprint density at radius 2 is 1.79 bits per heavy atom. The number of hydrogen-bond acceptors (Lipinski definition) is 3. The van der Waals surface area contributed by atoms with E-state index in [4.69, 9.17) is 0 Å². The summed E-state index contributed by atoms with van der Waals surface area (Å²) in [7, 11) is 0. The number of nitrogens with zero attached hydrogens (tertiary/aromatic N) is 1. The molecule has 1 amide bonds. The number of aromatic amines is 1. The van der Waals surface area contributed by atoms with Crippen molar-refractivity contribution >= 4 is 34.4 Å². The van der Waals surface area contributed by atoms with Gasteiger partial charge in [0, 0.05) is 10.5 Å². The highest BCUT2D eigenvalue weighted by Crippen LogP contribution is 2.28. The molecule has 1 aromatic heterocycles. The number of nitrogens with one attached hydrogen (secondary N) is 2. The molecule has 4 aromatic rings. The molecular weight excluding hydrogens is 380 g/mol. The molecule has 3 aromatic carbocycles. The highest BCUT2D eigenvalue weighted by Gasteiger charge is 2.12. The van der Waals surface area contributed by atoms with E-state index < -0.39 is 11.6 Å². The predicted octanol–water partition coefficient (Wildman–Crippen LogP) is 5.24. The van der Waals surface area contributed by atoms with Crippen LogP contribution >= 0.6 is 11.8 Å². The van der Waals surface area contributed by atoms with Crippen molar-refractivity contribution in [3.05, 3.63) is 78.4 Å². The van der Waals surface area contributed by atoms with Crippen molar-refractivity contribution in [3.8, 4) is 11.4 Å². The van der Waals surface area contributed by atoms with Gasteiger partial charge in [-0.15, -0.1) is 11.8 Å². The van der Waals surface area contributed by atoms with Crippen molar-refractivity contribution in [3.63, 3.8) is 0 Å². The van der Waals surface area contributed by atoms with Crippen LogP contribution in [-0.2, 0) is 4.79 Å². The predicted molar refractivity (Wildman–Crippen MR) is 107 cm³/mol. The van der Waals surface area contributed by atoms with Crippen molar-refractivity contribution in [2.24, 2.45) is 0 Å². The Hall–Kier alpha value is -3.19. The van der Waals surface area contributed by atoms with Gasteiger partial charge < -0.3 is 10.3 Å². The number of thioether (sulfide) groups is 1. The zero-order chi connectivity index (χ0) is 19.5. The molecule has 1 heterocycles. The van der Waals surface area contributed by atoms with Gasteiger partial charge in [-0.05, 0) is 42.5 Å². The summed E-state index contributed by atoms with van der Waals surface area (Å²) >= 11 is 1.13. The lowest BCUT2D eigenvalue weighted by atomic mass is 10.1. The third-order valence-corrected chi connectivity index (χ3v) is 5.10. The van der Waals surface area contributed by atoms with Crippen molar-refractivity contribution in [1.82, 2.24) is 9.97 Å². The van der Waals surface area contributed by atoms with Crippen LogP contribution in [-0.4, -0.2) is 21.6 Å². The molecule has 0 fully saturated rings. The fraction of sp³-hybridized carbons (Fsp3) is 0.0476. The second kappa shape index (κ2) is 7.82.